The second kappa shape index (κ2) is 16.7. The first-order valence-electron chi connectivity index (χ1n) is 9.71. The van der Waals surface area contributed by atoms with Crippen LogP contribution in [0.15, 0.2) is 107 Å². The molecule has 0 amide bonds. The lowest BCUT2D eigenvalue weighted by Gasteiger charge is -2.05. The maximum Gasteiger partial charge on any atom is 0.155 e. The van der Waals surface area contributed by atoms with Crippen molar-refractivity contribution in [3.63, 3.8) is 0 Å². The van der Waals surface area contributed by atoms with Crippen molar-refractivity contribution in [1.82, 2.24) is 0 Å². The van der Waals surface area contributed by atoms with Crippen LogP contribution in [-0.2, 0) is 0 Å². The van der Waals surface area contributed by atoms with E-state index in [4.69, 9.17) is 9.98 Å². The van der Waals surface area contributed by atoms with Crippen molar-refractivity contribution in [3.8, 4) is 12.8 Å². The van der Waals surface area contributed by atoms with Crippen LogP contribution >= 0.6 is 0 Å². The Labute approximate surface area is 177 Å². The lowest BCUT2D eigenvalue weighted by Crippen LogP contribution is -2.05. The third kappa shape index (κ3) is 10.5. The van der Waals surface area contributed by atoms with E-state index in [9.17, 15) is 0 Å². The van der Waals surface area contributed by atoms with Crippen LogP contribution in [0.25, 0.3) is 0 Å². The van der Waals surface area contributed by atoms with E-state index in [-0.39, 0.29) is 0 Å². The average Bonchev–Trinajstić information content (AvgIpc) is 2.80. The zero-order valence-electron chi connectivity index (χ0n) is 18.0. The highest BCUT2D eigenvalue weighted by Gasteiger charge is 2.04. The molecule has 0 heterocycles. The van der Waals surface area contributed by atoms with Crippen LogP contribution in [0.4, 0.5) is 0 Å². The summed E-state index contributed by atoms with van der Waals surface area (Å²) in [5.41, 5.74) is 3.98. The van der Waals surface area contributed by atoms with Gasteiger partial charge in [-0.05, 0) is 25.0 Å². The summed E-state index contributed by atoms with van der Waals surface area (Å²) in [5.74, 6) is 0.725. The van der Waals surface area contributed by atoms with E-state index < -0.39 is 0 Å². The Hall–Kier alpha value is -3.44. The normalized spacial score (nSPS) is 11.4. The number of benzene rings is 2. The molecule has 0 fully saturated rings. The molecule has 150 valence electrons. The highest BCUT2D eigenvalue weighted by molar-refractivity contribution is 6.11. The number of amidine groups is 1. The summed E-state index contributed by atoms with van der Waals surface area (Å²) >= 11 is 0. The maximum absolute atomic E-state index is 4.77. The van der Waals surface area contributed by atoms with Crippen LogP contribution in [-0.4, -0.2) is 18.1 Å². The van der Waals surface area contributed by atoms with Crippen molar-refractivity contribution >= 4 is 11.5 Å². The van der Waals surface area contributed by atoms with Gasteiger partial charge < -0.3 is 0 Å². The molecule has 0 saturated heterocycles. The Morgan fingerprint density at radius 3 is 1.93 bits per heavy atom. The number of terminal acetylenes is 1. The second-order valence-corrected chi connectivity index (χ2v) is 5.61. The smallest absolute Gasteiger partial charge is 0.155 e. The minimum absolute atomic E-state index is 0.518. The van der Waals surface area contributed by atoms with Gasteiger partial charge in [-0.1, -0.05) is 105 Å². The fraction of sp³-hybridized carbons (Fsp3) is 0.185. The first kappa shape index (κ1) is 25.6. The van der Waals surface area contributed by atoms with Crippen molar-refractivity contribution in [3.05, 3.63) is 108 Å². The molecule has 0 aliphatic heterocycles. The van der Waals surface area contributed by atoms with E-state index in [0.717, 1.165) is 28.2 Å². The summed E-state index contributed by atoms with van der Waals surface area (Å²) in [6.07, 6.45) is 15.9. The van der Waals surface area contributed by atoms with Crippen LogP contribution in [0, 0.1) is 12.8 Å². The van der Waals surface area contributed by atoms with E-state index in [1.165, 1.54) is 0 Å². The van der Waals surface area contributed by atoms with Gasteiger partial charge in [-0.25, -0.2) is 4.99 Å². The Morgan fingerprint density at radius 1 is 0.897 bits per heavy atom. The quantitative estimate of drug-likeness (QED) is 0.224. The Morgan fingerprint density at radius 2 is 1.41 bits per heavy atom. The molecule has 2 rings (SSSR count). The Kier molecular flexibility index (Phi) is 14.7. The molecule has 0 aliphatic rings. The second-order valence-electron chi connectivity index (χ2n) is 5.61. The highest BCUT2D eigenvalue weighted by Crippen LogP contribution is 2.08. The Balaban J connectivity index is 0.00000184. The van der Waals surface area contributed by atoms with Gasteiger partial charge in [0.15, 0.2) is 5.84 Å². The summed E-state index contributed by atoms with van der Waals surface area (Å²) in [7, 11) is 0. The molecule has 2 aromatic carbocycles. The van der Waals surface area contributed by atoms with Gasteiger partial charge in [0.05, 0.1) is 6.54 Å². The molecule has 0 spiro atoms. The Bertz CT molecular complexity index is 836. The molecule has 2 aromatic rings. The first-order valence-corrected chi connectivity index (χ1v) is 9.71. The molecule has 0 aromatic heterocycles. The largest absolute Gasteiger partial charge is 0.261 e. The number of aliphatic imine (C=N–C) groups is 2. The minimum Gasteiger partial charge on any atom is -0.261 e. The molecule has 0 unspecified atom stereocenters. The van der Waals surface area contributed by atoms with E-state index in [0.29, 0.717) is 6.54 Å². The third-order valence-electron chi connectivity index (χ3n) is 3.56. The van der Waals surface area contributed by atoms with Crippen molar-refractivity contribution in [2.75, 3.05) is 6.54 Å². The molecule has 0 bridgehead atoms. The zero-order valence-corrected chi connectivity index (χ0v) is 18.0. The topological polar surface area (TPSA) is 24.7 Å². The van der Waals surface area contributed by atoms with E-state index in [1.807, 2.05) is 101 Å². The van der Waals surface area contributed by atoms with E-state index >= 15 is 0 Å². The molecule has 0 N–H and O–H groups in total. The van der Waals surface area contributed by atoms with Crippen molar-refractivity contribution in [1.29, 1.82) is 0 Å². The fourth-order valence-electron chi connectivity index (χ4n) is 2.21. The predicted octanol–water partition coefficient (Wildman–Crippen LogP) is 6.91. The van der Waals surface area contributed by atoms with Crippen LogP contribution in [0.3, 0.4) is 0 Å². The summed E-state index contributed by atoms with van der Waals surface area (Å²) in [5, 5.41) is 0. The van der Waals surface area contributed by atoms with Crippen LogP contribution in [0.2, 0.25) is 0 Å². The molecule has 29 heavy (non-hydrogen) atoms. The number of nitrogens with zero attached hydrogens (tertiary/aromatic N) is 2. The van der Waals surface area contributed by atoms with Crippen molar-refractivity contribution in [2.45, 2.75) is 27.7 Å². The van der Waals surface area contributed by atoms with Gasteiger partial charge in [0, 0.05) is 11.3 Å². The number of rotatable bonds is 6. The SMILES string of the molecule is C#C.C=C(/C=C\C=C/C)CN=C(N=C(C)c1ccccc1)c1ccccc1.CC. The lowest BCUT2D eigenvalue weighted by molar-refractivity contribution is 1.17. The molecule has 2 heteroatoms. The first-order chi connectivity index (χ1) is 14.2. The standard InChI is InChI=1S/C23H24N2.C2H6.C2H2/c1-4-5-8-13-19(2)18-24-23(22-16-11-7-12-17-22)25-20(3)21-14-9-6-10-15-21;2*1-2/h4-17H,2,18H2,1,3H3;1-2H3;1-2H/b5-4-,13-8-,24-23?,25-20?;;. The molecule has 2 nitrogen and oxygen atoms in total. The number of hydrogen-bond donors (Lipinski definition) is 0. The molecule has 0 atom stereocenters. The monoisotopic (exact) mass is 384 g/mol. The predicted molar refractivity (Wildman–Crippen MR) is 131 cm³/mol. The summed E-state index contributed by atoms with van der Waals surface area (Å²) in [6.45, 7) is 12.6. The average molecular weight is 385 g/mol. The van der Waals surface area contributed by atoms with Gasteiger partial charge >= 0.3 is 0 Å². The van der Waals surface area contributed by atoms with Crippen molar-refractivity contribution in [2.24, 2.45) is 9.98 Å². The van der Waals surface area contributed by atoms with Gasteiger partial charge in [-0.15, -0.1) is 12.8 Å². The van der Waals surface area contributed by atoms with Gasteiger partial charge in [-0.2, -0.15) is 0 Å². The lowest BCUT2D eigenvalue weighted by atomic mass is 10.1. The highest BCUT2D eigenvalue weighted by atomic mass is 14.9. The van der Waals surface area contributed by atoms with Crippen LogP contribution < -0.4 is 0 Å². The molecule has 0 radical (unpaired) electrons. The summed E-state index contributed by atoms with van der Waals surface area (Å²) < 4.78 is 0. The van der Waals surface area contributed by atoms with E-state index in [1.54, 1.807) is 0 Å². The maximum atomic E-state index is 4.77. The molecular formula is C27H32N2. The van der Waals surface area contributed by atoms with Gasteiger partial charge in [0.2, 0.25) is 0 Å². The zero-order chi connectivity index (χ0) is 21.9. The number of allylic oxidation sites excluding steroid dienone is 3. The van der Waals surface area contributed by atoms with Gasteiger partial charge in [-0.3, -0.25) is 4.99 Å². The molecule has 0 aliphatic carbocycles. The molecular weight excluding hydrogens is 352 g/mol. The molecule has 0 saturated carbocycles. The summed E-state index contributed by atoms with van der Waals surface area (Å²) in [4.78, 5) is 9.47. The van der Waals surface area contributed by atoms with Crippen LogP contribution in [0.1, 0.15) is 38.8 Å². The fourth-order valence-corrected chi connectivity index (χ4v) is 2.21. The van der Waals surface area contributed by atoms with Gasteiger partial charge in [0.1, 0.15) is 0 Å². The minimum atomic E-state index is 0.518. The van der Waals surface area contributed by atoms with Crippen LogP contribution in [0.5, 0.6) is 0 Å². The third-order valence-corrected chi connectivity index (χ3v) is 3.56. The number of hydrogen-bond acceptors (Lipinski definition) is 1. The van der Waals surface area contributed by atoms with Crippen molar-refractivity contribution < 1.29 is 0 Å². The van der Waals surface area contributed by atoms with Gasteiger partial charge in [0.25, 0.3) is 0 Å². The van der Waals surface area contributed by atoms with E-state index in [2.05, 4.69) is 31.6 Å². The summed E-state index contributed by atoms with van der Waals surface area (Å²) in [6, 6.07) is 20.2.